The third-order valence-electron chi connectivity index (χ3n) is 4.64. The van der Waals surface area contributed by atoms with E-state index < -0.39 is 0 Å². The Morgan fingerprint density at radius 3 is 2.73 bits per heavy atom. The quantitative estimate of drug-likeness (QED) is 0.741. The van der Waals surface area contributed by atoms with Crippen molar-refractivity contribution < 1.29 is 4.74 Å². The first-order chi connectivity index (χ1) is 12.8. The number of rotatable bonds is 6. The molecule has 1 atom stereocenters. The molecule has 134 valence electrons. The van der Waals surface area contributed by atoms with Crippen LogP contribution in [0.3, 0.4) is 0 Å². The molecule has 0 fully saturated rings. The van der Waals surface area contributed by atoms with Crippen LogP contribution in [0.2, 0.25) is 0 Å². The van der Waals surface area contributed by atoms with Crippen LogP contribution in [-0.2, 0) is 26.1 Å². The zero-order valence-corrected chi connectivity index (χ0v) is 14.9. The van der Waals surface area contributed by atoms with E-state index in [-0.39, 0.29) is 0 Å². The van der Waals surface area contributed by atoms with Crippen LogP contribution in [-0.4, -0.2) is 25.8 Å². The molecule has 0 saturated carbocycles. The van der Waals surface area contributed by atoms with Gasteiger partial charge < -0.3 is 10.1 Å². The van der Waals surface area contributed by atoms with Crippen molar-refractivity contribution in [1.29, 1.82) is 0 Å². The highest BCUT2D eigenvalue weighted by Gasteiger charge is 2.20. The summed E-state index contributed by atoms with van der Waals surface area (Å²) in [5.74, 6) is 2.85. The number of ether oxygens (including phenoxy) is 1. The predicted octanol–water partition coefficient (Wildman–Crippen LogP) is 2.67. The Morgan fingerprint density at radius 1 is 1.12 bits per heavy atom. The highest BCUT2D eigenvalue weighted by molar-refractivity contribution is 5.27. The molecule has 3 aromatic rings. The molecule has 1 aromatic carbocycles. The Bertz CT molecular complexity index is 844. The van der Waals surface area contributed by atoms with E-state index in [1.54, 1.807) is 12.4 Å². The van der Waals surface area contributed by atoms with Crippen molar-refractivity contribution in [1.82, 2.24) is 25.1 Å². The Balaban J connectivity index is 1.27. The van der Waals surface area contributed by atoms with Crippen molar-refractivity contribution in [2.45, 2.75) is 45.5 Å². The number of aromatic nitrogens is 4. The van der Waals surface area contributed by atoms with Crippen LogP contribution in [0.1, 0.15) is 29.2 Å². The van der Waals surface area contributed by atoms with Crippen molar-refractivity contribution >= 4 is 0 Å². The first kappa shape index (κ1) is 16.7. The second-order valence-corrected chi connectivity index (χ2v) is 6.66. The number of pyridine rings is 1. The van der Waals surface area contributed by atoms with Gasteiger partial charge in [-0.1, -0.05) is 12.1 Å². The van der Waals surface area contributed by atoms with Crippen molar-refractivity contribution in [3.8, 4) is 5.75 Å². The topological polar surface area (TPSA) is 64.9 Å². The lowest BCUT2D eigenvalue weighted by atomic mass is 10.1. The van der Waals surface area contributed by atoms with E-state index >= 15 is 0 Å². The number of hydrogen-bond donors (Lipinski definition) is 1. The molecule has 3 heterocycles. The standard InChI is InChI=1S/C20H23N5O/c1-15-23-20-7-4-18(13-25(20)24-15)22-12-16-2-5-19(6-3-16)26-14-17-8-10-21-11-9-17/h2-3,5-6,8-11,18,22H,4,7,12-14H2,1H3/t18-/m1/s1. The maximum atomic E-state index is 5.82. The maximum Gasteiger partial charge on any atom is 0.147 e. The molecular formula is C20H23N5O. The second kappa shape index (κ2) is 7.66. The van der Waals surface area contributed by atoms with Gasteiger partial charge in [0, 0.05) is 31.4 Å². The lowest BCUT2D eigenvalue weighted by Crippen LogP contribution is -2.37. The number of nitrogens with zero attached hydrogens (tertiary/aromatic N) is 4. The smallest absolute Gasteiger partial charge is 0.147 e. The molecule has 2 aromatic heterocycles. The van der Waals surface area contributed by atoms with Gasteiger partial charge in [0.25, 0.3) is 0 Å². The average Bonchev–Trinajstić information content (AvgIpc) is 3.05. The van der Waals surface area contributed by atoms with Gasteiger partial charge in [-0.2, -0.15) is 5.10 Å². The summed E-state index contributed by atoms with van der Waals surface area (Å²) in [6, 6.07) is 12.6. The van der Waals surface area contributed by atoms with Gasteiger partial charge >= 0.3 is 0 Å². The fourth-order valence-electron chi connectivity index (χ4n) is 3.21. The third-order valence-corrected chi connectivity index (χ3v) is 4.64. The van der Waals surface area contributed by atoms with Crippen LogP contribution in [0, 0.1) is 6.92 Å². The Hall–Kier alpha value is -2.73. The van der Waals surface area contributed by atoms with E-state index in [2.05, 4.69) is 32.5 Å². The number of benzene rings is 1. The predicted molar refractivity (Wildman–Crippen MR) is 98.7 cm³/mol. The van der Waals surface area contributed by atoms with Crippen molar-refractivity contribution in [2.75, 3.05) is 0 Å². The van der Waals surface area contributed by atoms with Crippen LogP contribution >= 0.6 is 0 Å². The molecule has 6 nitrogen and oxygen atoms in total. The Kier molecular flexibility index (Phi) is 4.93. The molecule has 1 aliphatic heterocycles. The molecule has 1 aliphatic rings. The first-order valence-corrected chi connectivity index (χ1v) is 9.00. The first-order valence-electron chi connectivity index (χ1n) is 9.00. The van der Waals surface area contributed by atoms with Crippen LogP contribution in [0.15, 0.2) is 48.8 Å². The average molecular weight is 349 g/mol. The molecule has 0 amide bonds. The summed E-state index contributed by atoms with van der Waals surface area (Å²) in [7, 11) is 0. The van der Waals surface area contributed by atoms with Crippen molar-refractivity contribution in [3.05, 3.63) is 71.6 Å². The molecule has 26 heavy (non-hydrogen) atoms. The molecule has 0 radical (unpaired) electrons. The molecule has 6 heteroatoms. The summed E-state index contributed by atoms with van der Waals surface area (Å²) >= 11 is 0. The maximum absolute atomic E-state index is 5.82. The van der Waals surface area contributed by atoms with Gasteiger partial charge in [-0.15, -0.1) is 0 Å². The van der Waals surface area contributed by atoms with Gasteiger partial charge in [-0.25, -0.2) is 9.67 Å². The normalized spacial score (nSPS) is 16.3. The van der Waals surface area contributed by atoms with Crippen LogP contribution in [0.4, 0.5) is 0 Å². The molecule has 0 aliphatic carbocycles. The van der Waals surface area contributed by atoms with Gasteiger partial charge in [0.2, 0.25) is 0 Å². The monoisotopic (exact) mass is 349 g/mol. The Labute approximate surface area is 153 Å². The van der Waals surface area contributed by atoms with Crippen molar-refractivity contribution in [2.24, 2.45) is 0 Å². The fraction of sp³-hybridized carbons (Fsp3) is 0.350. The third kappa shape index (κ3) is 4.08. The lowest BCUT2D eigenvalue weighted by Gasteiger charge is -2.23. The number of hydrogen-bond acceptors (Lipinski definition) is 5. The largest absolute Gasteiger partial charge is 0.489 e. The van der Waals surface area contributed by atoms with E-state index in [0.29, 0.717) is 12.6 Å². The zero-order valence-electron chi connectivity index (χ0n) is 14.9. The fourth-order valence-corrected chi connectivity index (χ4v) is 3.21. The second-order valence-electron chi connectivity index (χ2n) is 6.66. The van der Waals surface area contributed by atoms with E-state index in [1.807, 2.05) is 35.9 Å². The molecule has 4 rings (SSSR count). The minimum Gasteiger partial charge on any atom is -0.489 e. The minimum atomic E-state index is 0.436. The van der Waals surface area contributed by atoms with E-state index in [4.69, 9.17) is 4.74 Å². The van der Waals surface area contributed by atoms with Gasteiger partial charge in [0.15, 0.2) is 0 Å². The van der Waals surface area contributed by atoms with Gasteiger partial charge in [0.1, 0.15) is 24.0 Å². The summed E-state index contributed by atoms with van der Waals surface area (Å²) in [5, 5.41) is 8.09. The van der Waals surface area contributed by atoms with Crippen molar-refractivity contribution in [3.63, 3.8) is 0 Å². The van der Waals surface area contributed by atoms with Gasteiger partial charge in [-0.05, 0) is 48.7 Å². The highest BCUT2D eigenvalue weighted by Crippen LogP contribution is 2.16. The summed E-state index contributed by atoms with van der Waals surface area (Å²) in [6.07, 6.45) is 5.65. The summed E-state index contributed by atoms with van der Waals surface area (Å²) in [4.78, 5) is 8.47. The number of aryl methyl sites for hydroxylation is 2. The Morgan fingerprint density at radius 2 is 1.92 bits per heavy atom. The minimum absolute atomic E-state index is 0.436. The van der Waals surface area contributed by atoms with Crippen LogP contribution in [0.25, 0.3) is 0 Å². The molecule has 0 saturated heterocycles. The molecular weight excluding hydrogens is 326 g/mol. The van der Waals surface area contributed by atoms with Crippen LogP contribution < -0.4 is 10.1 Å². The summed E-state index contributed by atoms with van der Waals surface area (Å²) in [5.41, 5.74) is 2.37. The van der Waals surface area contributed by atoms with Gasteiger partial charge in [-0.3, -0.25) is 4.98 Å². The molecule has 0 spiro atoms. The highest BCUT2D eigenvalue weighted by atomic mass is 16.5. The number of nitrogens with one attached hydrogen (secondary N) is 1. The molecule has 0 unspecified atom stereocenters. The SMILES string of the molecule is Cc1nc2n(n1)C[C@H](NCc1ccc(OCc3ccncc3)cc1)CC2. The molecule has 0 bridgehead atoms. The van der Waals surface area contributed by atoms with E-state index in [1.165, 1.54) is 5.56 Å². The van der Waals surface area contributed by atoms with Gasteiger partial charge in [0.05, 0.1) is 6.54 Å². The number of fused-ring (bicyclic) bond motifs is 1. The zero-order chi connectivity index (χ0) is 17.8. The molecule has 1 N–H and O–H groups in total. The van der Waals surface area contributed by atoms with Crippen LogP contribution in [0.5, 0.6) is 5.75 Å². The summed E-state index contributed by atoms with van der Waals surface area (Å²) in [6.45, 7) is 4.25. The van der Waals surface area contributed by atoms with E-state index in [9.17, 15) is 0 Å². The summed E-state index contributed by atoms with van der Waals surface area (Å²) < 4.78 is 7.85. The van der Waals surface area contributed by atoms with E-state index in [0.717, 1.165) is 48.9 Å². The lowest BCUT2D eigenvalue weighted by molar-refractivity contribution is 0.306.